The predicted molar refractivity (Wildman–Crippen MR) is 105 cm³/mol. The highest BCUT2D eigenvalue weighted by atomic mass is 32.1. The number of hydrogen-bond acceptors (Lipinski definition) is 6. The van der Waals surface area contributed by atoms with E-state index in [4.69, 9.17) is 0 Å². The predicted octanol–water partition coefficient (Wildman–Crippen LogP) is 3.61. The van der Waals surface area contributed by atoms with E-state index in [-0.39, 0.29) is 0 Å². The highest BCUT2D eigenvalue weighted by Gasteiger charge is 2.19. The summed E-state index contributed by atoms with van der Waals surface area (Å²) < 4.78 is 0. The molecule has 0 amide bonds. The smallest absolute Gasteiger partial charge is 0.132 e. The summed E-state index contributed by atoms with van der Waals surface area (Å²) in [5.74, 6) is 1.45. The van der Waals surface area contributed by atoms with Crippen LogP contribution in [0, 0.1) is 0 Å². The van der Waals surface area contributed by atoms with Gasteiger partial charge in [0.2, 0.25) is 0 Å². The topological polar surface area (TPSA) is 53.9 Å². The fourth-order valence-electron chi connectivity index (χ4n) is 3.38. The van der Waals surface area contributed by atoms with Gasteiger partial charge in [0.1, 0.15) is 17.2 Å². The first-order valence-electron chi connectivity index (χ1n) is 9.08. The molecule has 0 aliphatic carbocycles. The van der Waals surface area contributed by atoms with E-state index >= 15 is 0 Å². The number of rotatable bonds is 6. The summed E-state index contributed by atoms with van der Waals surface area (Å²) in [5.41, 5.74) is 2.41. The molecule has 1 atom stereocenters. The van der Waals surface area contributed by atoms with Crippen LogP contribution in [0.3, 0.4) is 0 Å². The van der Waals surface area contributed by atoms with Gasteiger partial charge in [0.25, 0.3) is 0 Å². The van der Waals surface area contributed by atoms with Crippen molar-refractivity contribution >= 4 is 17.2 Å². The fourth-order valence-corrected chi connectivity index (χ4v) is 4.01. The number of aromatic nitrogens is 3. The van der Waals surface area contributed by atoms with Crippen molar-refractivity contribution < 1.29 is 0 Å². The van der Waals surface area contributed by atoms with Crippen molar-refractivity contribution in [2.45, 2.75) is 31.8 Å². The molecule has 1 N–H and O–H groups in total. The van der Waals surface area contributed by atoms with Crippen LogP contribution in [-0.2, 0) is 13.1 Å². The van der Waals surface area contributed by atoms with E-state index in [2.05, 4.69) is 55.5 Å². The van der Waals surface area contributed by atoms with Crippen LogP contribution >= 0.6 is 11.3 Å². The lowest BCUT2D eigenvalue weighted by atomic mass is 9.96. The van der Waals surface area contributed by atoms with E-state index in [1.807, 2.05) is 17.6 Å². The molecule has 3 aromatic rings. The Kier molecular flexibility index (Phi) is 5.52. The van der Waals surface area contributed by atoms with Gasteiger partial charge in [-0.15, -0.1) is 11.3 Å². The summed E-state index contributed by atoms with van der Waals surface area (Å²) in [6, 6.07) is 12.7. The zero-order valence-electron chi connectivity index (χ0n) is 14.7. The molecule has 0 saturated carbocycles. The van der Waals surface area contributed by atoms with Crippen molar-refractivity contribution in [2.24, 2.45) is 0 Å². The molecule has 134 valence electrons. The van der Waals surface area contributed by atoms with E-state index in [9.17, 15) is 0 Å². The average molecular weight is 366 g/mol. The van der Waals surface area contributed by atoms with Gasteiger partial charge < -0.3 is 10.2 Å². The van der Waals surface area contributed by atoms with Gasteiger partial charge >= 0.3 is 0 Å². The number of piperidine rings is 1. The Balaban J connectivity index is 1.60. The van der Waals surface area contributed by atoms with Crippen LogP contribution in [0.5, 0.6) is 0 Å². The average Bonchev–Trinajstić information content (AvgIpc) is 3.22. The Morgan fingerprint density at radius 3 is 2.81 bits per heavy atom. The molecule has 6 heteroatoms. The Morgan fingerprint density at radius 2 is 2.04 bits per heavy atom. The molecule has 1 aromatic carbocycles. The highest BCUT2D eigenvalue weighted by molar-refractivity contribution is 7.09. The summed E-state index contributed by atoms with van der Waals surface area (Å²) in [6.45, 7) is 3.67. The number of thiazole rings is 1. The van der Waals surface area contributed by atoms with Crippen LogP contribution < -0.4 is 10.2 Å². The number of benzene rings is 1. The van der Waals surface area contributed by atoms with E-state index in [1.54, 1.807) is 17.7 Å². The van der Waals surface area contributed by atoms with E-state index < -0.39 is 0 Å². The van der Waals surface area contributed by atoms with Crippen LogP contribution in [0.4, 0.5) is 5.82 Å². The lowest BCUT2D eigenvalue weighted by Crippen LogP contribution is -2.29. The number of nitrogens with one attached hydrogen (secondary N) is 1. The highest BCUT2D eigenvalue weighted by Crippen LogP contribution is 2.25. The molecule has 1 aliphatic rings. The van der Waals surface area contributed by atoms with Crippen LogP contribution in [0.2, 0.25) is 0 Å². The largest absolute Gasteiger partial charge is 0.345 e. The van der Waals surface area contributed by atoms with Crippen molar-refractivity contribution in [2.75, 3.05) is 18.0 Å². The summed E-state index contributed by atoms with van der Waals surface area (Å²) in [7, 11) is 0. The van der Waals surface area contributed by atoms with Gasteiger partial charge in [0.15, 0.2) is 0 Å². The van der Waals surface area contributed by atoms with E-state index in [0.717, 1.165) is 42.7 Å². The first-order valence-corrected chi connectivity index (χ1v) is 9.96. The Bertz CT molecular complexity index is 800. The minimum atomic E-state index is 0.476. The molecule has 3 heterocycles. The van der Waals surface area contributed by atoms with Crippen molar-refractivity contribution in [3.8, 4) is 0 Å². The summed E-state index contributed by atoms with van der Waals surface area (Å²) >= 11 is 1.68. The van der Waals surface area contributed by atoms with Gasteiger partial charge in [0.05, 0.1) is 12.2 Å². The van der Waals surface area contributed by atoms with E-state index in [1.165, 1.54) is 18.4 Å². The lowest BCUT2D eigenvalue weighted by molar-refractivity contribution is 0.454. The second kappa shape index (κ2) is 8.38. The molecule has 0 spiro atoms. The molecule has 1 unspecified atom stereocenters. The quantitative estimate of drug-likeness (QED) is 0.723. The third kappa shape index (κ3) is 4.26. The van der Waals surface area contributed by atoms with E-state index in [0.29, 0.717) is 5.92 Å². The van der Waals surface area contributed by atoms with Crippen LogP contribution in [-0.4, -0.2) is 28.0 Å². The van der Waals surface area contributed by atoms with Crippen molar-refractivity contribution in [1.82, 2.24) is 20.3 Å². The van der Waals surface area contributed by atoms with Gasteiger partial charge in [-0.2, -0.15) is 0 Å². The zero-order valence-corrected chi connectivity index (χ0v) is 15.5. The van der Waals surface area contributed by atoms with Gasteiger partial charge in [-0.25, -0.2) is 15.0 Å². The van der Waals surface area contributed by atoms with Gasteiger partial charge in [0, 0.05) is 36.7 Å². The van der Waals surface area contributed by atoms with Crippen LogP contribution in [0.15, 0.2) is 54.3 Å². The first-order chi connectivity index (χ1) is 12.9. The molecule has 0 bridgehead atoms. The third-order valence-corrected chi connectivity index (χ3v) is 5.50. The monoisotopic (exact) mass is 365 g/mol. The summed E-state index contributed by atoms with van der Waals surface area (Å²) in [4.78, 5) is 15.9. The molecular formula is C20H23N5S. The van der Waals surface area contributed by atoms with Crippen molar-refractivity contribution in [3.63, 3.8) is 0 Å². The number of hydrogen-bond donors (Lipinski definition) is 1. The second-order valence-corrected chi connectivity index (χ2v) is 7.59. The Hall–Kier alpha value is -2.31. The maximum absolute atomic E-state index is 4.58. The minimum absolute atomic E-state index is 0.476. The lowest BCUT2D eigenvalue weighted by Gasteiger charge is -2.26. The summed E-state index contributed by atoms with van der Waals surface area (Å²) in [5, 5.41) is 6.60. The standard InChI is InChI=1S/C20H23N5S/c1-2-5-16(6-3-1)13-25(14-20-22-9-10-26-20)19-11-18(23-15-24-19)17-7-4-8-21-12-17/h1-3,5-6,9-11,15,17,21H,4,7-8,12-14H2. The second-order valence-electron chi connectivity index (χ2n) is 6.61. The zero-order chi connectivity index (χ0) is 17.6. The molecular weight excluding hydrogens is 342 g/mol. The Labute approximate surface area is 158 Å². The molecule has 2 aromatic heterocycles. The van der Waals surface area contributed by atoms with Crippen molar-refractivity contribution in [1.29, 1.82) is 0 Å². The van der Waals surface area contributed by atoms with Crippen molar-refractivity contribution in [3.05, 3.63) is 70.6 Å². The maximum Gasteiger partial charge on any atom is 0.132 e. The van der Waals surface area contributed by atoms with Crippen LogP contribution in [0.25, 0.3) is 0 Å². The molecule has 1 aliphatic heterocycles. The first kappa shape index (κ1) is 17.1. The van der Waals surface area contributed by atoms with Gasteiger partial charge in [-0.05, 0) is 24.9 Å². The number of anilines is 1. The fraction of sp³-hybridized carbons (Fsp3) is 0.350. The molecule has 4 rings (SSSR count). The van der Waals surface area contributed by atoms with Crippen LogP contribution in [0.1, 0.15) is 35.0 Å². The normalized spacial score (nSPS) is 17.2. The molecule has 1 fully saturated rings. The molecule has 0 radical (unpaired) electrons. The molecule has 5 nitrogen and oxygen atoms in total. The maximum atomic E-state index is 4.58. The Morgan fingerprint density at radius 1 is 1.12 bits per heavy atom. The number of nitrogens with zero attached hydrogens (tertiary/aromatic N) is 4. The minimum Gasteiger partial charge on any atom is -0.345 e. The molecule has 1 saturated heterocycles. The third-order valence-electron chi connectivity index (χ3n) is 4.74. The SMILES string of the molecule is c1ccc(CN(Cc2nccs2)c2cc(C3CCCNC3)ncn2)cc1. The molecule has 26 heavy (non-hydrogen) atoms. The van der Waals surface area contributed by atoms with Gasteiger partial charge in [-0.1, -0.05) is 30.3 Å². The van der Waals surface area contributed by atoms with Gasteiger partial charge in [-0.3, -0.25) is 0 Å². The summed E-state index contributed by atoms with van der Waals surface area (Å²) in [6.07, 6.45) is 5.96.